The monoisotopic (exact) mass is 491 g/mol. The Kier molecular flexibility index (Phi) is 10.5. The van der Waals surface area contributed by atoms with Gasteiger partial charge in [0.2, 0.25) is 5.91 Å². The Morgan fingerprint density at radius 1 is 1.26 bits per heavy atom. The number of aryl methyl sites for hydroxylation is 1. The second-order valence-corrected chi connectivity index (χ2v) is 8.28. The highest BCUT2D eigenvalue weighted by Gasteiger charge is 2.29. The van der Waals surface area contributed by atoms with E-state index in [2.05, 4.69) is 30.6 Å². The molecule has 13 nitrogen and oxygen atoms in total. The van der Waals surface area contributed by atoms with Crippen LogP contribution in [0.2, 0.25) is 0 Å². The van der Waals surface area contributed by atoms with E-state index in [-0.39, 0.29) is 25.3 Å². The summed E-state index contributed by atoms with van der Waals surface area (Å²) in [5.74, 6) is -2.25. The first kappa shape index (κ1) is 27.6. The van der Waals surface area contributed by atoms with Crippen molar-refractivity contribution in [1.29, 1.82) is 0 Å². The summed E-state index contributed by atoms with van der Waals surface area (Å²) in [4.78, 5) is 56.0. The van der Waals surface area contributed by atoms with Crippen molar-refractivity contribution in [3.8, 4) is 0 Å². The largest absolute Gasteiger partial charge is 0.481 e. The number of nitrogens with zero attached hydrogens (tertiary/aromatic N) is 5. The summed E-state index contributed by atoms with van der Waals surface area (Å²) in [6.45, 7) is 6.28. The lowest BCUT2D eigenvalue weighted by Gasteiger charge is -2.24. The van der Waals surface area contributed by atoms with Gasteiger partial charge in [-0.3, -0.25) is 28.6 Å². The van der Waals surface area contributed by atoms with Crippen LogP contribution in [0.25, 0.3) is 0 Å². The topological polar surface area (TPSA) is 173 Å². The van der Waals surface area contributed by atoms with E-state index in [9.17, 15) is 24.3 Å². The van der Waals surface area contributed by atoms with Crippen LogP contribution < -0.4 is 16.2 Å². The van der Waals surface area contributed by atoms with Crippen molar-refractivity contribution in [2.45, 2.75) is 65.1 Å². The van der Waals surface area contributed by atoms with Gasteiger partial charge in [-0.15, -0.1) is 0 Å². The van der Waals surface area contributed by atoms with Crippen molar-refractivity contribution in [2.24, 2.45) is 0 Å². The smallest absolute Gasteiger partial charge is 0.305 e. The summed E-state index contributed by atoms with van der Waals surface area (Å²) in [5, 5.41) is 22.1. The molecule has 0 saturated heterocycles. The number of carboxylic acid groups (broad SMARTS) is 1. The Hall–Kier alpha value is -3.61. The third-order valence-electron chi connectivity index (χ3n) is 5.47. The van der Waals surface area contributed by atoms with Crippen LogP contribution in [-0.2, 0) is 20.9 Å². The van der Waals surface area contributed by atoms with Gasteiger partial charge in [0.1, 0.15) is 17.4 Å². The maximum Gasteiger partial charge on any atom is 0.305 e. The molecule has 0 spiro atoms. The van der Waals surface area contributed by atoms with E-state index in [4.69, 9.17) is 0 Å². The number of amides is 1. The number of ketones is 1. The number of Topliss-reactive ketones (excluding diaryl/α,β-unsaturated/α-hetero) is 1. The number of anilines is 1. The first-order chi connectivity index (χ1) is 16.7. The van der Waals surface area contributed by atoms with Crippen molar-refractivity contribution in [1.82, 2.24) is 30.1 Å². The van der Waals surface area contributed by atoms with E-state index in [1.807, 2.05) is 6.92 Å². The molecule has 0 fully saturated rings. The van der Waals surface area contributed by atoms with Crippen LogP contribution in [-0.4, -0.2) is 73.7 Å². The van der Waals surface area contributed by atoms with Crippen LogP contribution in [0.3, 0.4) is 0 Å². The van der Waals surface area contributed by atoms with Crippen molar-refractivity contribution in [2.75, 3.05) is 25.5 Å². The van der Waals surface area contributed by atoms with Crippen LogP contribution in [0.1, 0.15) is 57.0 Å². The van der Waals surface area contributed by atoms with Crippen molar-refractivity contribution in [3.05, 3.63) is 34.1 Å². The van der Waals surface area contributed by atoms with E-state index in [0.717, 1.165) is 12.8 Å². The number of rotatable bonds is 15. The minimum Gasteiger partial charge on any atom is -0.481 e. The molecule has 3 N–H and O–H groups in total. The van der Waals surface area contributed by atoms with Crippen LogP contribution in [0.15, 0.2) is 21.8 Å². The Morgan fingerprint density at radius 2 is 2.00 bits per heavy atom. The van der Waals surface area contributed by atoms with Gasteiger partial charge in [-0.1, -0.05) is 30.6 Å². The van der Waals surface area contributed by atoms with Crippen molar-refractivity contribution in [3.63, 3.8) is 0 Å². The highest BCUT2D eigenvalue weighted by atomic mass is 16.6. The molecule has 0 aliphatic rings. The molecule has 2 heterocycles. The standard InChI is InChI=1S/C22H33N7O6/c1-5-7-9-28(4)13-18(30)15(11-19(31)32)25-21(33)17(6-2)29-10-8-23-20(22(29)34)24-12-16-14(3)26-35-27-16/h8,10,15,17H,5-7,9,11-13H2,1-4H3,(H,23,24)(H,25,33)(H,31,32)/t15-,17?/m0/s1. The minimum atomic E-state index is -1.21. The normalized spacial score (nSPS) is 12.8. The number of carboxylic acids is 1. The molecule has 0 aliphatic heterocycles. The molecule has 1 amide bonds. The second-order valence-electron chi connectivity index (χ2n) is 8.28. The molecule has 0 radical (unpaired) electrons. The predicted octanol–water partition coefficient (Wildman–Crippen LogP) is 0.758. The number of carbonyl (C=O) groups is 3. The van der Waals surface area contributed by atoms with Gasteiger partial charge in [0.25, 0.3) is 5.56 Å². The molecule has 0 aliphatic carbocycles. The molecule has 35 heavy (non-hydrogen) atoms. The van der Waals surface area contributed by atoms with Crippen molar-refractivity contribution >= 4 is 23.5 Å². The number of unbranched alkanes of at least 4 members (excludes halogenated alkanes) is 1. The Bertz CT molecular complexity index is 1070. The molecule has 2 aromatic heterocycles. The summed E-state index contributed by atoms with van der Waals surface area (Å²) in [6.07, 6.45) is 4.27. The van der Waals surface area contributed by atoms with Gasteiger partial charge in [-0.2, -0.15) is 0 Å². The summed E-state index contributed by atoms with van der Waals surface area (Å²) in [6, 6.07) is -2.18. The SMILES string of the molecule is CCCCN(C)CC(=O)[C@H](CC(=O)O)NC(=O)C(CC)n1ccnc(NCc2nonc2C)c1=O. The quantitative estimate of drug-likeness (QED) is 0.321. The van der Waals surface area contributed by atoms with Gasteiger partial charge >= 0.3 is 5.97 Å². The zero-order chi connectivity index (χ0) is 26.0. The average Bonchev–Trinajstić information content (AvgIpc) is 3.22. The number of carbonyl (C=O) groups excluding carboxylic acids is 2. The second kappa shape index (κ2) is 13.3. The number of hydrogen-bond acceptors (Lipinski definition) is 10. The van der Waals surface area contributed by atoms with Gasteiger partial charge in [0.15, 0.2) is 11.6 Å². The third kappa shape index (κ3) is 7.98. The minimum absolute atomic E-state index is 0.00291. The Balaban J connectivity index is 2.17. The zero-order valence-corrected chi connectivity index (χ0v) is 20.5. The third-order valence-corrected chi connectivity index (χ3v) is 5.47. The van der Waals surface area contributed by atoms with Crippen LogP contribution >= 0.6 is 0 Å². The van der Waals surface area contributed by atoms with Crippen LogP contribution in [0, 0.1) is 6.92 Å². The van der Waals surface area contributed by atoms with Crippen LogP contribution in [0.4, 0.5) is 5.82 Å². The summed E-state index contributed by atoms with van der Waals surface area (Å²) in [5.41, 5.74) is 0.517. The van der Waals surface area contributed by atoms with E-state index in [1.54, 1.807) is 25.8 Å². The lowest BCUT2D eigenvalue weighted by atomic mass is 10.1. The fraction of sp³-hybridized carbons (Fsp3) is 0.591. The highest BCUT2D eigenvalue weighted by Crippen LogP contribution is 2.12. The molecule has 2 aromatic rings. The van der Waals surface area contributed by atoms with Gasteiger partial charge in [0.05, 0.1) is 25.6 Å². The first-order valence-corrected chi connectivity index (χ1v) is 11.5. The van der Waals surface area contributed by atoms with Gasteiger partial charge in [-0.25, -0.2) is 9.61 Å². The summed E-state index contributed by atoms with van der Waals surface area (Å²) >= 11 is 0. The van der Waals surface area contributed by atoms with E-state index >= 15 is 0 Å². The number of aromatic nitrogens is 4. The number of aliphatic carboxylic acids is 1. The molecule has 1 unspecified atom stereocenters. The van der Waals surface area contributed by atoms with Gasteiger partial charge in [-0.05, 0) is 33.4 Å². The van der Waals surface area contributed by atoms with E-state index in [0.29, 0.717) is 17.9 Å². The lowest BCUT2D eigenvalue weighted by molar-refractivity contribution is -0.140. The fourth-order valence-corrected chi connectivity index (χ4v) is 3.45. The molecule has 2 rings (SSSR count). The first-order valence-electron chi connectivity index (χ1n) is 11.5. The maximum absolute atomic E-state index is 13.1. The molecule has 13 heteroatoms. The summed E-state index contributed by atoms with van der Waals surface area (Å²) < 4.78 is 5.84. The number of likely N-dealkylation sites (N-methyl/N-ethyl adjacent to an activating group) is 1. The van der Waals surface area contributed by atoms with Crippen molar-refractivity contribution < 1.29 is 24.1 Å². The lowest BCUT2D eigenvalue weighted by Crippen LogP contribution is -2.49. The molecule has 0 bridgehead atoms. The number of nitrogens with one attached hydrogen (secondary N) is 2. The van der Waals surface area contributed by atoms with Crippen LogP contribution in [0.5, 0.6) is 0 Å². The Labute approximate surface area is 202 Å². The highest BCUT2D eigenvalue weighted by molar-refractivity contribution is 5.93. The molecule has 0 saturated carbocycles. The van der Waals surface area contributed by atoms with Gasteiger partial charge < -0.3 is 15.7 Å². The Morgan fingerprint density at radius 3 is 2.60 bits per heavy atom. The molecule has 192 valence electrons. The van der Waals surface area contributed by atoms with E-state index in [1.165, 1.54) is 17.0 Å². The average molecular weight is 492 g/mol. The zero-order valence-electron chi connectivity index (χ0n) is 20.5. The summed E-state index contributed by atoms with van der Waals surface area (Å²) in [7, 11) is 1.77. The maximum atomic E-state index is 13.1. The molecular weight excluding hydrogens is 458 g/mol. The van der Waals surface area contributed by atoms with Gasteiger partial charge in [0, 0.05) is 12.4 Å². The fourth-order valence-electron chi connectivity index (χ4n) is 3.45. The molecule has 2 atom stereocenters. The predicted molar refractivity (Wildman–Crippen MR) is 126 cm³/mol. The molecular formula is C22H33N7O6. The van der Waals surface area contributed by atoms with E-state index < -0.39 is 41.7 Å². The number of hydrogen-bond donors (Lipinski definition) is 3. The molecule has 0 aromatic carbocycles.